The first-order valence-electron chi connectivity index (χ1n) is 9.55. The zero-order valence-corrected chi connectivity index (χ0v) is 16.5. The number of rotatable bonds is 6. The van der Waals surface area contributed by atoms with Crippen LogP contribution in [0.1, 0.15) is 6.42 Å². The van der Waals surface area contributed by atoms with Gasteiger partial charge in [-0.25, -0.2) is 4.39 Å². The van der Waals surface area contributed by atoms with E-state index in [9.17, 15) is 9.18 Å². The van der Waals surface area contributed by atoms with Crippen molar-refractivity contribution in [3.63, 3.8) is 0 Å². The van der Waals surface area contributed by atoms with E-state index in [4.69, 9.17) is 10.5 Å². The number of hydrogen-bond donors (Lipinski definition) is 2. The number of amides is 1. The highest BCUT2D eigenvalue weighted by atomic mass is 19.1. The number of halogens is 1. The van der Waals surface area contributed by atoms with Crippen molar-refractivity contribution in [1.82, 2.24) is 4.90 Å². The first kappa shape index (κ1) is 20.4. The Bertz CT molecular complexity index is 848. The summed E-state index contributed by atoms with van der Waals surface area (Å²) in [6, 6.07) is 13.8. The van der Waals surface area contributed by atoms with Crippen molar-refractivity contribution < 1.29 is 13.9 Å². The van der Waals surface area contributed by atoms with E-state index < -0.39 is 0 Å². The fraction of sp³-hybridized carbons (Fsp3) is 0.333. The zero-order chi connectivity index (χ0) is 20.6. The Morgan fingerprint density at radius 2 is 1.83 bits per heavy atom. The molecule has 29 heavy (non-hydrogen) atoms. The van der Waals surface area contributed by atoms with Crippen LogP contribution in [-0.2, 0) is 4.79 Å². The molecule has 1 saturated heterocycles. The van der Waals surface area contributed by atoms with E-state index in [1.807, 2.05) is 29.2 Å². The second kappa shape index (κ2) is 9.77. The number of hydrogen-bond acceptors (Lipinski definition) is 4. The van der Waals surface area contributed by atoms with Gasteiger partial charge in [0.05, 0.1) is 19.3 Å². The summed E-state index contributed by atoms with van der Waals surface area (Å²) in [5, 5.41) is 2.99. The van der Waals surface area contributed by atoms with Gasteiger partial charge < -0.3 is 25.6 Å². The van der Waals surface area contributed by atoms with Crippen molar-refractivity contribution in [3.8, 4) is 5.75 Å². The van der Waals surface area contributed by atoms with Crippen LogP contribution in [0.2, 0.25) is 0 Å². The van der Waals surface area contributed by atoms with E-state index in [1.165, 1.54) is 12.1 Å². The topological polar surface area (TPSA) is 83.2 Å². The van der Waals surface area contributed by atoms with E-state index in [1.54, 1.807) is 19.2 Å². The second-order valence-corrected chi connectivity index (χ2v) is 6.69. The van der Waals surface area contributed by atoms with Gasteiger partial charge in [0.25, 0.3) is 0 Å². The Balaban J connectivity index is 1.44. The van der Waals surface area contributed by atoms with Crippen LogP contribution < -0.4 is 20.7 Å². The highest BCUT2D eigenvalue weighted by Crippen LogP contribution is 2.22. The number of piperazine rings is 1. The van der Waals surface area contributed by atoms with Crippen LogP contribution in [0.4, 0.5) is 15.8 Å². The van der Waals surface area contributed by atoms with E-state index in [0.29, 0.717) is 31.8 Å². The van der Waals surface area contributed by atoms with Gasteiger partial charge in [-0.05, 0) is 36.4 Å². The van der Waals surface area contributed by atoms with Gasteiger partial charge >= 0.3 is 0 Å². The molecule has 3 rings (SSSR count). The largest absolute Gasteiger partial charge is 0.495 e. The third kappa shape index (κ3) is 5.60. The minimum atomic E-state index is -0.248. The lowest BCUT2D eigenvalue weighted by Crippen LogP contribution is -2.48. The zero-order valence-electron chi connectivity index (χ0n) is 16.5. The average molecular weight is 399 g/mol. The van der Waals surface area contributed by atoms with Crippen LogP contribution in [0.15, 0.2) is 53.5 Å². The molecule has 3 N–H and O–H groups in total. The summed E-state index contributed by atoms with van der Waals surface area (Å²) >= 11 is 0. The number of carbonyl (C=O) groups excluding carboxylic acids is 1. The number of anilines is 2. The molecule has 2 aromatic carbocycles. The molecule has 2 aromatic rings. The molecule has 0 saturated carbocycles. The molecule has 0 unspecified atom stereocenters. The molecule has 1 aliphatic heterocycles. The molecule has 1 aliphatic rings. The summed E-state index contributed by atoms with van der Waals surface area (Å²) in [4.78, 5) is 20.7. The molecule has 1 fully saturated rings. The standard InChI is InChI=1S/C21H26FN5O2/c1-29-19-5-3-2-4-18(19)25-21(23)24-11-10-20(28)27-14-12-26(13-15-27)17-8-6-16(22)7-9-17/h2-9H,10-15H2,1H3,(H3,23,24,25). The number of ether oxygens (including phenoxy) is 1. The van der Waals surface area contributed by atoms with Crippen LogP contribution in [0, 0.1) is 5.82 Å². The van der Waals surface area contributed by atoms with Crippen molar-refractivity contribution >= 4 is 23.2 Å². The highest BCUT2D eigenvalue weighted by molar-refractivity contribution is 5.93. The van der Waals surface area contributed by atoms with Gasteiger partial charge in [0.1, 0.15) is 11.6 Å². The summed E-state index contributed by atoms with van der Waals surface area (Å²) in [5.74, 6) is 0.712. The van der Waals surface area contributed by atoms with Crippen LogP contribution >= 0.6 is 0 Å². The van der Waals surface area contributed by atoms with Gasteiger partial charge in [0.15, 0.2) is 5.96 Å². The van der Waals surface area contributed by atoms with Gasteiger partial charge in [-0.1, -0.05) is 12.1 Å². The number of nitrogens with one attached hydrogen (secondary N) is 1. The molecule has 0 spiro atoms. The first-order valence-corrected chi connectivity index (χ1v) is 9.55. The van der Waals surface area contributed by atoms with Crippen molar-refractivity contribution in [2.24, 2.45) is 10.7 Å². The van der Waals surface area contributed by atoms with Crippen LogP contribution in [-0.4, -0.2) is 56.6 Å². The maximum Gasteiger partial charge on any atom is 0.224 e. The van der Waals surface area contributed by atoms with E-state index in [2.05, 4.69) is 15.2 Å². The Morgan fingerprint density at radius 1 is 1.14 bits per heavy atom. The van der Waals surface area contributed by atoms with Gasteiger partial charge in [-0.15, -0.1) is 0 Å². The van der Waals surface area contributed by atoms with E-state index >= 15 is 0 Å². The van der Waals surface area contributed by atoms with Gasteiger partial charge in [0.2, 0.25) is 5.91 Å². The number of guanidine groups is 1. The smallest absolute Gasteiger partial charge is 0.224 e. The number of benzene rings is 2. The molecular formula is C21H26FN5O2. The van der Waals surface area contributed by atoms with Gasteiger partial charge in [0, 0.05) is 38.3 Å². The van der Waals surface area contributed by atoms with Crippen molar-refractivity contribution in [3.05, 3.63) is 54.3 Å². The van der Waals surface area contributed by atoms with E-state index in [0.717, 1.165) is 24.5 Å². The third-order valence-corrected chi connectivity index (χ3v) is 4.80. The van der Waals surface area contributed by atoms with Crippen LogP contribution in [0.5, 0.6) is 5.75 Å². The summed E-state index contributed by atoms with van der Waals surface area (Å²) in [6.07, 6.45) is 0.296. The highest BCUT2D eigenvalue weighted by Gasteiger charge is 2.20. The molecular weight excluding hydrogens is 373 g/mol. The number of carbonyl (C=O) groups is 1. The fourth-order valence-corrected chi connectivity index (χ4v) is 3.22. The average Bonchev–Trinajstić information content (AvgIpc) is 2.74. The molecule has 0 bridgehead atoms. The predicted octanol–water partition coefficient (Wildman–Crippen LogP) is 2.30. The summed E-state index contributed by atoms with van der Waals surface area (Å²) in [7, 11) is 1.59. The number of aliphatic imine (C=N–C) groups is 1. The lowest BCUT2D eigenvalue weighted by molar-refractivity contribution is -0.131. The molecule has 1 heterocycles. The molecule has 7 nitrogen and oxygen atoms in total. The minimum Gasteiger partial charge on any atom is -0.495 e. The van der Waals surface area contributed by atoms with Gasteiger partial charge in [-0.3, -0.25) is 9.79 Å². The Labute approximate surface area is 170 Å². The minimum absolute atomic E-state index is 0.0533. The Morgan fingerprint density at radius 3 is 2.52 bits per heavy atom. The molecule has 154 valence electrons. The van der Waals surface area contributed by atoms with Crippen molar-refractivity contribution in [1.29, 1.82) is 0 Å². The number of para-hydroxylation sites is 2. The Hall–Kier alpha value is -3.29. The SMILES string of the molecule is COc1ccccc1NC(N)=NCCC(=O)N1CCN(c2ccc(F)cc2)CC1. The number of methoxy groups -OCH3 is 1. The lowest BCUT2D eigenvalue weighted by Gasteiger charge is -2.36. The quantitative estimate of drug-likeness (QED) is 0.575. The molecule has 0 aliphatic carbocycles. The second-order valence-electron chi connectivity index (χ2n) is 6.69. The first-order chi connectivity index (χ1) is 14.1. The van der Waals surface area contributed by atoms with Crippen LogP contribution in [0.25, 0.3) is 0 Å². The third-order valence-electron chi connectivity index (χ3n) is 4.80. The molecule has 0 aromatic heterocycles. The van der Waals surface area contributed by atoms with Crippen molar-refractivity contribution in [2.75, 3.05) is 50.1 Å². The number of nitrogens with two attached hydrogens (primary N) is 1. The fourth-order valence-electron chi connectivity index (χ4n) is 3.22. The monoisotopic (exact) mass is 399 g/mol. The number of nitrogens with zero attached hydrogens (tertiary/aromatic N) is 3. The summed E-state index contributed by atoms with van der Waals surface area (Å²) < 4.78 is 18.3. The maximum absolute atomic E-state index is 13.1. The van der Waals surface area contributed by atoms with Crippen LogP contribution in [0.3, 0.4) is 0 Å². The normalized spacial score (nSPS) is 14.6. The Kier molecular flexibility index (Phi) is 6.89. The predicted molar refractivity (Wildman–Crippen MR) is 113 cm³/mol. The summed E-state index contributed by atoms with van der Waals surface area (Å²) in [5.41, 5.74) is 7.60. The van der Waals surface area contributed by atoms with E-state index in [-0.39, 0.29) is 17.7 Å². The lowest BCUT2D eigenvalue weighted by atomic mass is 10.2. The molecule has 0 atom stereocenters. The molecule has 0 radical (unpaired) electrons. The summed E-state index contributed by atoms with van der Waals surface area (Å²) in [6.45, 7) is 3.02. The van der Waals surface area contributed by atoms with Crippen molar-refractivity contribution in [2.45, 2.75) is 6.42 Å². The molecule has 8 heteroatoms. The van der Waals surface area contributed by atoms with Gasteiger partial charge in [-0.2, -0.15) is 0 Å². The maximum atomic E-state index is 13.1. The molecule has 1 amide bonds.